The Morgan fingerprint density at radius 1 is 1.23 bits per heavy atom. The lowest BCUT2D eigenvalue weighted by atomic mass is 9.45. The van der Waals surface area contributed by atoms with Gasteiger partial charge in [-0.15, -0.1) is 0 Å². The number of hydrogen-bond donors (Lipinski definition) is 2. The van der Waals surface area contributed by atoms with Gasteiger partial charge in [0.2, 0.25) is 0 Å². The summed E-state index contributed by atoms with van der Waals surface area (Å²) >= 11 is 0. The summed E-state index contributed by atoms with van der Waals surface area (Å²) in [5.41, 5.74) is -0.733. The predicted molar refractivity (Wildman–Crippen MR) is 98.3 cm³/mol. The molecule has 0 amide bonds. The van der Waals surface area contributed by atoms with Crippen molar-refractivity contribution in [3.05, 3.63) is 11.6 Å². The van der Waals surface area contributed by atoms with Crippen molar-refractivity contribution in [1.29, 1.82) is 0 Å². The standard InChI is InChI=1S/C22H32O4/c1-4-18(25)22(26)10-8-16-15-6-5-13-11-14(23)7-9-20(13,2)19(15)17(24)12-21(16,22)3/h11,15-17,19,24,26H,4-10,12H2,1-3H3/t15?,16?,17?,19?,20?,21?,22-/m0/s1. The summed E-state index contributed by atoms with van der Waals surface area (Å²) in [5.74, 6) is 0.867. The third-order valence-electron chi connectivity index (χ3n) is 8.83. The van der Waals surface area contributed by atoms with Crippen molar-refractivity contribution in [3.8, 4) is 0 Å². The maximum atomic E-state index is 12.6. The first kappa shape index (κ1) is 18.4. The van der Waals surface area contributed by atoms with Gasteiger partial charge in [0.05, 0.1) is 6.10 Å². The number of ketones is 2. The number of Topliss-reactive ketones (excluding diaryl/α,β-unsaturated/α-hetero) is 1. The summed E-state index contributed by atoms with van der Waals surface area (Å²) in [7, 11) is 0. The van der Waals surface area contributed by atoms with Crippen LogP contribution in [-0.4, -0.2) is 33.5 Å². The molecule has 7 atom stereocenters. The summed E-state index contributed by atoms with van der Waals surface area (Å²) < 4.78 is 0. The van der Waals surface area contributed by atoms with Crippen LogP contribution in [0.2, 0.25) is 0 Å². The number of carbonyl (C=O) groups excluding carboxylic acids is 2. The predicted octanol–water partition coefficient (Wildman–Crippen LogP) is 3.20. The number of hydrogen-bond acceptors (Lipinski definition) is 4. The molecule has 0 spiro atoms. The van der Waals surface area contributed by atoms with E-state index in [2.05, 4.69) is 6.92 Å². The highest BCUT2D eigenvalue weighted by Crippen LogP contribution is 2.67. The van der Waals surface area contributed by atoms with Crippen molar-refractivity contribution in [2.45, 2.75) is 83.8 Å². The minimum absolute atomic E-state index is 0.0704. The second-order valence-electron chi connectivity index (χ2n) is 9.75. The molecule has 0 aromatic heterocycles. The molecule has 0 saturated heterocycles. The molecule has 0 heterocycles. The van der Waals surface area contributed by atoms with Crippen LogP contribution in [0, 0.1) is 28.6 Å². The Balaban J connectivity index is 1.74. The molecular weight excluding hydrogens is 328 g/mol. The maximum Gasteiger partial charge on any atom is 0.164 e. The molecular formula is C22H32O4. The molecule has 3 saturated carbocycles. The van der Waals surface area contributed by atoms with Crippen LogP contribution in [0.25, 0.3) is 0 Å². The molecule has 4 nitrogen and oxygen atoms in total. The zero-order chi connectivity index (χ0) is 18.9. The Bertz CT molecular complexity index is 682. The van der Waals surface area contributed by atoms with Crippen LogP contribution in [0.15, 0.2) is 11.6 Å². The van der Waals surface area contributed by atoms with Gasteiger partial charge in [0.1, 0.15) is 5.60 Å². The normalized spacial score (nSPS) is 50.5. The molecule has 4 heteroatoms. The molecule has 4 aliphatic carbocycles. The van der Waals surface area contributed by atoms with Gasteiger partial charge >= 0.3 is 0 Å². The van der Waals surface area contributed by atoms with E-state index in [1.807, 2.05) is 19.9 Å². The Morgan fingerprint density at radius 2 is 1.96 bits per heavy atom. The van der Waals surface area contributed by atoms with E-state index in [9.17, 15) is 19.8 Å². The number of fused-ring (bicyclic) bond motifs is 5. The van der Waals surface area contributed by atoms with Crippen molar-refractivity contribution in [1.82, 2.24) is 0 Å². The second-order valence-corrected chi connectivity index (χ2v) is 9.75. The monoisotopic (exact) mass is 360 g/mol. The first-order valence-electron chi connectivity index (χ1n) is 10.3. The maximum absolute atomic E-state index is 12.6. The third-order valence-corrected chi connectivity index (χ3v) is 8.83. The van der Waals surface area contributed by atoms with Crippen molar-refractivity contribution in [2.24, 2.45) is 28.6 Å². The summed E-state index contributed by atoms with van der Waals surface area (Å²) in [6.45, 7) is 6.08. The van der Waals surface area contributed by atoms with E-state index in [-0.39, 0.29) is 28.8 Å². The highest BCUT2D eigenvalue weighted by molar-refractivity contribution is 5.91. The molecule has 0 aromatic rings. The Morgan fingerprint density at radius 3 is 2.65 bits per heavy atom. The number of aliphatic hydroxyl groups excluding tert-OH is 1. The average molecular weight is 360 g/mol. The van der Waals surface area contributed by atoms with E-state index < -0.39 is 17.1 Å². The van der Waals surface area contributed by atoms with Gasteiger partial charge in [0.15, 0.2) is 11.6 Å². The van der Waals surface area contributed by atoms with E-state index in [0.717, 1.165) is 25.7 Å². The lowest BCUT2D eigenvalue weighted by Crippen LogP contribution is -2.61. The Labute approximate surface area is 156 Å². The van der Waals surface area contributed by atoms with Crippen LogP contribution in [0.1, 0.15) is 72.1 Å². The summed E-state index contributed by atoms with van der Waals surface area (Å²) in [6.07, 6.45) is 6.76. The SMILES string of the molecule is CCC(=O)[C@@]1(O)CCC2C3CCC4=CC(=O)CCC4(C)C3C(O)CC21C. The fourth-order valence-electron chi connectivity index (χ4n) is 7.44. The number of rotatable bonds is 2. The van der Waals surface area contributed by atoms with Gasteiger partial charge in [0, 0.05) is 18.3 Å². The van der Waals surface area contributed by atoms with Crippen LogP contribution in [0.3, 0.4) is 0 Å². The molecule has 144 valence electrons. The lowest BCUT2D eigenvalue weighted by Gasteiger charge is -2.60. The fraction of sp³-hybridized carbons (Fsp3) is 0.818. The van der Waals surface area contributed by atoms with Gasteiger partial charge in [0.25, 0.3) is 0 Å². The lowest BCUT2D eigenvalue weighted by molar-refractivity contribution is -0.180. The van der Waals surface area contributed by atoms with E-state index >= 15 is 0 Å². The molecule has 6 unspecified atom stereocenters. The van der Waals surface area contributed by atoms with Crippen molar-refractivity contribution in [3.63, 3.8) is 0 Å². The van der Waals surface area contributed by atoms with E-state index in [0.29, 0.717) is 31.6 Å². The first-order valence-corrected chi connectivity index (χ1v) is 10.3. The van der Waals surface area contributed by atoms with E-state index in [1.54, 1.807) is 0 Å². The fourth-order valence-corrected chi connectivity index (χ4v) is 7.44. The van der Waals surface area contributed by atoms with E-state index in [4.69, 9.17) is 0 Å². The van der Waals surface area contributed by atoms with E-state index in [1.165, 1.54) is 5.57 Å². The average Bonchev–Trinajstić information content (AvgIpc) is 2.86. The van der Waals surface area contributed by atoms with Crippen molar-refractivity contribution < 1.29 is 19.8 Å². The molecule has 0 aliphatic heterocycles. The van der Waals surface area contributed by atoms with Gasteiger partial charge in [-0.1, -0.05) is 26.3 Å². The van der Waals surface area contributed by atoms with Crippen LogP contribution < -0.4 is 0 Å². The zero-order valence-electron chi connectivity index (χ0n) is 16.3. The second kappa shape index (κ2) is 5.75. The highest BCUT2D eigenvalue weighted by Gasteiger charge is 2.67. The van der Waals surface area contributed by atoms with Crippen LogP contribution in [-0.2, 0) is 9.59 Å². The molecule has 26 heavy (non-hydrogen) atoms. The molecule has 0 aromatic carbocycles. The highest BCUT2D eigenvalue weighted by atomic mass is 16.3. The minimum Gasteiger partial charge on any atom is -0.393 e. The van der Waals surface area contributed by atoms with Crippen LogP contribution in [0.5, 0.6) is 0 Å². The van der Waals surface area contributed by atoms with Crippen molar-refractivity contribution in [2.75, 3.05) is 0 Å². The number of aliphatic hydroxyl groups is 2. The van der Waals surface area contributed by atoms with Crippen LogP contribution >= 0.6 is 0 Å². The van der Waals surface area contributed by atoms with Crippen molar-refractivity contribution >= 4 is 11.6 Å². The summed E-state index contributed by atoms with van der Waals surface area (Å²) in [5, 5.41) is 22.6. The molecule has 0 bridgehead atoms. The molecule has 2 N–H and O–H groups in total. The minimum atomic E-state index is -1.29. The third kappa shape index (κ3) is 2.15. The number of carbonyl (C=O) groups is 2. The van der Waals surface area contributed by atoms with Gasteiger partial charge in [-0.3, -0.25) is 9.59 Å². The molecule has 0 radical (unpaired) electrons. The molecule has 4 aliphatic rings. The van der Waals surface area contributed by atoms with Gasteiger partial charge in [-0.2, -0.15) is 0 Å². The smallest absolute Gasteiger partial charge is 0.164 e. The first-order chi connectivity index (χ1) is 12.2. The van der Waals surface area contributed by atoms with Gasteiger partial charge < -0.3 is 10.2 Å². The summed E-state index contributed by atoms with van der Waals surface area (Å²) in [4.78, 5) is 24.5. The zero-order valence-corrected chi connectivity index (χ0v) is 16.3. The van der Waals surface area contributed by atoms with Gasteiger partial charge in [-0.05, 0) is 67.8 Å². The molecule has 4 rings (SSSR count). The number of allylic oxidation sites excluding steroid dienone is 1. The Kier molecular flexibility index (Phi) is 4.06. The van der Waals surface area contributed by atoms with Crippen LogP contribution in [0.4, 0.5) is 0 Å². The largest absolute Gasteiger partial charge is 0.393 e. The van der Waals surface area contributed by atoms with Gasteiger partial charge in [-0.25, -0.2) is 0 Å². The molecule has 3 fully saturated rings. The summed E-state index contributed by atoms with van der Waals surface area (Å²) in [6, 6.07) is 0. The Hall–Kier alpha value is -1.00. The topological polar surface area (TPSA) is 74.6 Å². The quantitative estimate of drug-likeness (QED) is 0.793.